The Labute approximate surface area is 114 Å². The molecule has 1 rings (SSSR count). The summed E-state index contributed by atoms with van der Waals surface area (Å²) in [7, 11) is 0. The Bertz CT molecular complexity index is 149. The first-order chi connectivity index (χ1) is 8.89. The van der Waals surface area contributed by atoms with E-state index < -0.39 is 0 Å². The fraction of sp³-hybridized carbons (Fsp3) is 1.00. The summed E-state index contributed by atoms with van der Waals surface area (Å²) in [6.07, 6.45) is 21.5. The van der Waals surface area contributed by atoms with E-state index in [2.05, 4.69) is 0 Å². The first-order valence-electron chi connectivity index (χ1n) is 8.57. The molecule has 1 aliphatic rings. The zero-order valence-electron chi connectivity index (χ0n) is 12.3. The minimum Gasteiger partial charge on any atom is -0.393 e. The number of aliphatic hydroxyl groups excluding tert-OH is 1. The topological polar surface area (TPSA) is 20.2 Å². The van der Waals surface area contributed by atoms with Crippen LogP contribution in [0, 0.1) is 0 Å². The summed E-state index contributed by atoms with van der Waals surface area (Å²) in [5.74, 6) is 0. The second-order valence-electron chi connectivity index (χ2n) is 6.18. The summed E-state index contributed by atoms with van der Waals surface area (Å²) in [5.41, 5.74) is 0. The van der Waals surface area contributed by atoms with Crippen LogP contribution in [0.25, 0.3) is 0 Å². The predicted molar refractivity (Wildman–Crippen MR) is 79.9 cm³/mol. The maximum atomic E-state index is 9.86. The molecule has 1 N–H and O–H groups in total. The Balaban J connectivity index is 2.09. The molecule has 1 saturated carbocycles. The van der Waals surface area contributed by atoms with Crippen LogP contribution in [0.4, 0.5) is 0 Å². The van der Waals surface area contributed by atoms with E-state index in [9.17, 15) is 5.11 Å². The first-order valence-corrected chi connectivity index (χ1v) is 8.57. The van der Waals surface area contributed by atoms with Gasteiger partial charge in [0.15, 0.2) is 0 Å². The minimum atomic E-state index is -0.0133. The van der Waals surface area contributed by atoms with E-state index in [1.165, 1.54) is 89.9 Å². The van der Waals surface area contributed by atoms with E-state index in [0.717, 1.165) is 12.8 Å². The average Bonchev–Trinajstić information content (AvgIpc) is 2.37. The van der Waals surface area contributed by atoms with Crippen molar-refractivity contribution in [2.75, 3.05) is 0 Å². The molecule has 1 heteroatoms. The maximum Gasteiger partial charge on any atom is 0.0540 e. The summed E-state index contributed by atoms with van der Waals surface area (Å²) < 4.78 is 0. The van der Waals surface area contributed by atoms with Gasteiger partial charge < -0.3 is 5.11 Å². The summed E-state index contributed by atoms with van der Waals surface area (Å²) in [5, 5.41) is 9.86. The molecule has 0 spiro atoms. The normalized spacial score (nSPS) is 24.5. The molecule has 0 heterocycles. The average molecular weight is 254 g/mol. The molecular formula is C17H34O. The summed E-state index contributed by atoms with van der Waals surface area (Å²) in [4.78, 5) is 0. The van der Waals surface area contributed by atoms with Crippen LogP contribution in [0.2, 0.25) is 0 Å². The van der Waals surface area contributed by atoms with Gasteiger partial charge in [-0.1, -0.05) is 89.9 Å². The molecule has 1 nitrogen and oxygen atoms in total. The third kappa shape index (κ3) is 9.94. The van der Waals surface area contributed by atoms with Crippen molar-refractivity contribution in [2.24, 2.45) is 0 Å². The van der Waals surface area contributed by atoms with Crippen LogP contribution in [0.5, 0.6) is 0 Å². The van der Waals surface area contributed by atoms with Crippen molar-refractivity contribution < 1.29 is 5.11 Å². The fourth-order valence-electron chi connectivity index (χ4n) is 3.03. The molecule has 0 aromatic carbocycles. The van der Waals surface area contributed by atoms with Gasteiger partial charge in [0.25, 0.3) is 0 Å². The van der Waals surface area contributed by atoms with Crippen molar-refractivity contribution in [3.05, 3.63) is 0 Å². The largest absolute Gasteiger partial charge is 0.393 e. The summed E-state index contributed by atoms with van der Waals surface area (Å²) in [6, 6.07) is 0. The van der Waals surface area contributed by atoms with Crippen molar-refractivity contribution in [1.82, 2.24) is 0 Å². The van der Waals surface area contributed by atoms with Gasteiger partial charge in [0.1, 0.15) is 0 Å². The predicted octanol–water partition coefficient (Wildman–Crippen LogP) is 5.60. The van der Waals surface area contributed by atoms with Crippen molar-refractivity contribution in [2.45, 2.75) is 109 Å². The lowest BCUT2D eigenvalue weighted by Gasteiger charge is -2.10. The molecule has 0 unspecified atom stereocenters. The molecule has 0 atom stereocenters. The third-order valence-corrected chi connectivity index (χ3v) is 4.32. The van der Waals surface area contributed by atoms with E-state index in [4.69, 9.17) is 0 Å². The summed E-state index contributed by atoms with van der Waals surface area (Å²) in [6.45, 7) is 0. The van der Waals surface area contributed by atoms with Gasteiger partial charge in [-0.15, -0.1) is 0 Å². The molecule has 1 fully saturated rings. The van der Waals surface area contributed by atoms with Gasteiger partial charge in [-0.2, -0.15) is 0 Å². The molecule has 0 amide bonds. The summed E-state index contributed by atoms with van der Waals surface area (Å²) >= 11 is 0. The Morgan fingerprint density at radius 2 is 0.611 bits per heavy atom. The number of hydrogen-bond acceptors (Lipinski definition) is 1. The highest BCUT2D eigenvalue weighted by Crippen LogP contribution is 2.16. The molecule has 0 radical (unpaired) electrons. The Hall–Kier alpha value is -0.0400. The van der Waals surface area contributed by atoms with E-state index in [1.807, 2.05) is 0 Å². The SMILES string of the molecule is OC1CCCCCCCCCCCCCCCC1. The smallest absolute Gasteiger partial charge is 0.0540 e. The van der Waals surface area contributed by atoms with Crippen LogP contribution in [0.15, 0.2) is 0 Å². The van der Waals surface area contributed by atoms with Crippen molar-refractivity contribution >= 4 is 0 Å². The Kier molecular flexibility index (Phi) is 10.7. The van der Waals surface area contributed by atoms with Crippen LogP contribution in [-0.4, -0.2) is 11.2 Å². The Morgan fingerprint density at radius 3 is 0.889 bits per heavy atom. The number of rotatable bonds is 0. The van der Waals surface area contributed by atoms with Gasteiger partial charge in [0, 0.05) is 0 Å². The lowest BCUT2D eigenvalue weighted by molar-refractivity contribution is 0.147. The van der Waals surface area contributed by atoms with Gasteiger partial charge >= 0.3 is 0 Å². The van der Waals surface area contributed by atoms with Crippen LogP contribution < -0.4 is 0 Å². The monoisotopic (exact) mass is 254 g/mol. The lowest BCUT2D eigenvalue weighted by Crippen LogP contribution is -2.05. The quantitative estimate of drug-likeness (QED) is 0.596. The zero-order valence-corrected chi connectivity index (χ0v) is 12.3. The molecule has 0 aromatic heterocycles. The fourth-order valence-corrected chi connectivity index (χ4v) is 3.03. The molecule has 108 valence electrons. The molecule has 0 aromatic rings. The molecule has 1 aliphatic carbocycles. The second-order valence-corrected chi connectivity index (χ2v) is 6.18. The van der Waals surface area contributed by atoms with E-state index in [0.29, 0.717) is 0 Å². The van der Waals surface area contributed by atoms with Gasteiger partial charge in [-0.3, -0.25) is 0 Å². The molecule has 0 saturated heterocycles. The van der Waals surface area contributed by atoms with Crippen LogP contribution in [0.3, 0.4) is 0 Å². The zero-order chi connectivity index (χ0) is 12.9. The van der Waals surface area contributed by atoms with Crippen molar-refractivity contribution in [3.8, 4) is 0 Å². The van der Waals surface area contributed by atoms with Gasteiger partial charge in [0.2, 0.25) is 0 Å². The highest BCUT2D eigenvalue weighted by Gasteiger charge is 2.04. The lowest BCUT2D eigenvalue weighted by atomic mass is 10.0. The highest BCUT2D eigenvalue weighted by molar-refractivity contribution is 4.58. The highest BCUT2D eigenvalue weighted by atomic mass is 16.3. The van der Waals surface area contributed by atoms with Gasteiger partial charge in [-0.05, 0) is 12.8 Å². The van der Waals surface area contributed by atoms with Crippen LogP contribution in [0.1, 0.15) is 103 Å². The van der Waals surface area contributed by atoms with Crippen molar-refractivity contribution in [3.63, 3.8) is 0 Å². The number of hydrogen-bond donors (Lipinski definition) is 1. The maximum absolute atomic E-state index is 9.86. The molecular weight excluding hydrogens is 220 g/mol. The van der Waals surface area contributed by atoms with Gasteiger partial charge in [-0.25, -0.2) is 0 Å². The van der Waals surface area contributed by atoms with E-state index in [-0.39, 0.29) is 6.10 Å². The van der Waals surface area contributed by atoms with E-state index in [1.54, 1.807) is 0 Å². The van der Waals surface area contributed by atoms with E-state index >= 15 is 0 Å². The number of aliphatic hydroxyl groups is 1. The molecule has 18 heavy (non-hydrogen) atoms. The second kappa shape index (κ2) is 12.0. The minimum absolute atomic E-state index is 0.0133. The third-order valence-electron chi connectivity index (χ3n) is 4.32. The molecule has 0 bridgehead atoms. The van der Waals surface area contributed by atoms with Crippen molar-refractivity contribution in [1.29, 1.82) is 0 Å². The van der Waals surface area contributed by atoms with Crippen LogP contribution in [-0.2, 0) is 0 Å². The standard InChI is InChI=1S/C17H34O/c18-17-15-13-11-9-7-5-3-1-2-4-6-8-10-12-14-16-17/h17-18H,1-16H2. The van der Waals surface area contributed by atoms with Crippen LogP contribution >= 0.6 is 0 Å². The van der Waals surface area contributed by atoms with Gasteiger partial charge in [0.05, 0.1) is 6.10 Å². The first kappa shape index (κ1) is 16.0. The Morgan fingerprint density at radius 1 is 0.389 bits per heavy atom. The molecule has 0 aliphatic heterocycles.